The summed E-state index contributed by atoms with van der Waals surface area (Å²) in [6.07, 6.45) is 4.36. The second-order valence-corrected chi connectivity index (χ2v) is 7.00. The predicted molar refractivity (Wildman–Crippen MR) is 85.3 cm³/mol. The minimum absolute atomic E-state index is 0.171. The van der Waals surface area contributed by atoms with Crippen LogP contribution in [0.1, 0.15) is 52.5 Å². The van der Waals surface area contributed by atoms with Gasteiger partial charge in [0.05, 0.1) is 0 Å². The SMILES string of the molecule is CCCC(C)(CNC(C)C)CC1Cc2cc(F)ccc2O1. The molecule has 2 atom stereocenters. The summed E-state index contributed by atoms with van der Waals surface area (Å²) in [5.41, 5.74) is 1.24. The van der Waals surface area contributed by atoms with Gasteiger partial charge in [-0.2, -0.15) is 0 Å². The van der Waals surface area contributed by atoms with Crippen molar-refractivity contribution in [3.63, 3.8) is 0 Å². The van der Waals surface area contributed by atoms with Crippen molar-refractivity contribution in [2.75, 3.05) is 6.54 Å². The predicted octanol–water partition coefficient (Wildman–Crippen LogP) is 4.32. The standard InChI is InChI=1S/C18H28FNO/c1-5-8-18(4,12-20-13(2)3)11-16-10-14-9-15(19)6-7-17(14)21-16/h6-7,9,13,16,20H,5,8,10-12H2,1-4H3. The zero-order valence-corrected chi connectivity index (χ0v) is 13.7. The zero-order valence-electron chi connectivity index (χ0n) is 13.7. The number of ether oxygens (including phenoxy) is 1. The van der Waals surface area contributed by atoms with Crippen molar-refractivity contribution in [1.29, 1.82) is 0 Å². The molecule has 21 heavy (non-hydrogen) atoms. The largest absolute Gasteiger partial charge is 0.490 e. The molecule has 1 aliphatic heterocycles. The Morgan fingerprint density at radius 2 is 2.19 bits per heavy atom. The minimum Gasteiger partial charge on any atom is -0.490 e. The second-order valence-electron chi connectivity index (χ2n) is 7.00. The van der Waals surface area contributed by atoms with Gasteiger partial charge < -0.3 is 10.1 Å². The van der Waals surface area contributed by atoms with Crippen LogP contribution in [-0.2, 0) is 6.42 Å². The summed E-state index contributed by atoms with van der Waals surface area (Å²) in [5, 5.41) is 3.56. The molecule has 0 bridgehead atoms. The number of benzene rings is 1. The van der Waals surface area contributed by atoms with Gasteiger partial charge in [-0.3, -0.25) is 0 Å². The van der Waals surface area contributed by atoms with Crippen molar-refractivity contribution < 1.29 is 9.13 Å². The molecule has 1 heterocycles. The van der Waals surface area contributed by atoms with E-state index in [9.17, 15) is 4.39 Å². The van der Waals surface area contributed by atoms with E-state index in [-0.39, 0.29) is 17.3 Å². The Bertz CT molecular complexity index is 474. The monoisotopic (exact) mass is 293 g/mol. The lowest BCUT2D eigenvalue weighted by molar-refractivity contribution is 0.133. The van der Waals surface area contributed by atoms with Gasteiger partial charge in [-0.15, -0.1) is 0 Å². The van der Waals surface area contributed by atoms with E-state index in [0.29, 0.717) is 6.04 Å². The summed E-state index contributed by atoms with van der Waals surface area (Å²) in [7, 11) is 0. The average Bonchev–Trinajstić information content (AvgIpc) is 2.77. The highest BCUT2D eigenvalue weighted by molar-refractivity contribution is 5.37. The lowest BCUT2D eigenvalue weighted by Crippen LogP contribution is -2.38. The van der Waals surface area contributed by atoms with E-state index in [1.807, 2.05) is 0 Å². The van der Waals surface area contributed by atoms with Crippen LogP contribution in [0.4, 0.5) is 4.39 Å². The van der Waals surface area contributed by atoms with Crippen LogP contribution in [0.15, 0.2) is 18.2 Å². The Kier molecular flexibility index (Phi) is 5.26. The second kappa shape index (κ2) is 6.78. The molecule has 0 aromatic heterocycles. The van der Waals surface area contributed by atoms with Crippen LogP contribution in [0.2, 0.25) is 0 Å². The van der Waals surface area contributed by atoms with Gasteiger partial charge in [-0.05, 0) is 36.5 Å². The van der Waals surface area contributed by atoms with Gasteiger partial charge in [0.25, 0.3) is 0 Å². The molecule has 0 radical (unpaired) electrons. The maximum absolute atomic E-state index is 13.3. The van der Waals surface area contributed by atoms with E-state index in [1.54, 1.807) is 12.1 Å². The number of rotatable bonds is 7. The van der Waals surface area contributed by atoms with E-state index in [4.69, 9.17) is 4.74 Å². The van der Waals surface area contributed by atoms with Crippen molar-refractivity contribution in [2.45, 2.75) is 65.5 Å². The maximum Gasteiger partial charge on any atom is 0.123 e. The first-order chi connectivity index (χ1) is 9.92. The lowest BCUT2D eigenvalue weighted by atomic mass is 9.79. The van der Waals surface area contributed by atoms with Crippen molar-refractivity contribution >= 4 is 0 Å². The van der Waals surface area contributed by atoms with Gasteiger partial charge in [-0.25, -0.2) is 4.39 Å². The third-order valence-electron chi connectivity index (χ3n) is 4.27. The molecule has 0 fully saturated rings. The first kappa shape index (κ1) is 16.3. The molecule has 118 valence electrons. The highest BCUT2D eigenvalue weighted by atomic mass is 19.1. The first-order valence-electron chi connectivity index (χ1n) is 8.10. The fourth-order valence-corrected chi connectivity index (χ4v) is 3.27. The molecule has 1 N–H and O–H groups in total. The number of nitrogens with one attached hydrogen (secondary N) is 1. The summed E-state index contributed by atoms with van der Waals surface area (Å²) in [6.45, 7) is 9.92. The van der Waals surface area contributed by atoms with E-state index in [0.717, 1.165) is 30.7 Å². The molecule has 1 aliphatic rings. The molecule has 1 aromatic carbocycles. The lowest BCUT2D eigenvalue weighted by Gasteiger charge is -2.33. The van der Waals surface area contributed by atoms with Crippen molar-refractivity contribution in [3.8, 4) is 5.75 Å². The zero-order chi connectivity index (χ0) is 15.5. The van der Waals surface area contributed by atoms with Crippen LogP contribution < -0.4 is 10.1 Å². The minimum atomic E-state index is -0.171. The molecule has 1 aromatic rings. The molecule has 2 nitrogen and oxygen atoms in total. The van der Waals surface area contributed by atoms with E-state index < -0.39 is 0 Å². The summed E-state index contributed by atoms with van der Waals surface area (Å²) < 4.78 is 19.3. The first-order valence-corrected chi connectivity index (χ1v) is 8.10. The van der Waals surface area contributed by atoms with Gasteiger partial charge in [0.1, 0.15) is 17.7 Å². The van der Waals surface area contributed by atoms with Crippen molar-refractivity contribution in [1.82, 2.24) is 5.32 Å². The molecule has 0 amide bonds. The van der Waals surface area contributed by atoms with Gasteiger partial charge >= 0.3 is 0 Å². The Balaban J connectivity index is 1.99. The topological polar surface area (TPSA) is 21.3 Å². The molecule has 0 saturated heterocycles. The van der Waals surface area contributed by atoms with Crippen LogP contribution in [0, 0.1) is 11.2 Å². The van der Waals surface area contributed by atoms with Gasteiger partial charge in [0.15, 0.2) is 0 Å². The van der Waals surface area contributed by atoms with E-state index in [1.165, 1.54) is 18.9 Å². The molecule has 0 spiro atoms. The van der Waals surface area contributed by atoms with E-state index in [2.05, 4.69) is 33.0 Å². The fraction of sp³-hybridized carbons (Fsp3) is 0.667. The van der Waals surface area contributed by atoms with Crippen LogP contribution in [0.3, 0.4) is 0 Å². The third-order valence-corrected chi connectivity index (χ3v) is 4.27. The molecule has 3 heteroatoms. The van der Waals surface area contributed by atoms with Crippen LogP contribution >= 0.6 is 0 Å². The highest BCUT2D eigenvalue weighted by Gasteiger charge is 2.32. The Morgan fingerprint density at radius 3 is 2.86 bits per heavy atom. The Hall–Kier alpha value is -1.09. The quantitative estimate of drug-likeness (QED) is 0.808. The molecule has 0 aliphatic carbocycles. The maximum atomic E-state index is 13.3. The van der Waals surface area contributed by atoms with Crippen molar-refractivity contribution in [2.24, 2.45) is 5.41 Å². The van der Waals surface area contributed by atoms with Gasteiger partial charge in [0.2, 0.25) is 0 Å². The van der Waals surface area contributed by atoms with Crippen LogP contribution in [-0.4, -0.2) is 18.7 Å². The number of fused-ring (bicyclic) bond motifs is 1. The normalized spacial score (nSPS) is 20.2. The van der Waals surface area contributed by atoms with Crippen LogP contribution in [0.25, 0.3) is 0 Å². The molecule has 2 unspecified atom stereocenters. The van der Waals surface area contributed by atoms with Gasteiger partial charge in [-0.1, -0.05) is 34.1 Å². The third kappa shape index (κ3) is 4.44. The molecule has 2 rings (SSSR count). The summed E-state index contributed by atoms with van der Waals surface area (Å²) in [6, 6.07) is 5.34. The molecular weight excluding hydrogens is 265 g/mol. The Morgan fingerprint density at radius 1 is 1.43 bits per heavy atom. The number of hydrogen-bond acceptors (Lipinski definition) is 2. The Labute approximate surface area is 128 Å². The molecular formula is C18H28FNO. The number of hydrogen-bond donors (Lipinski definition) is 1. The number of halogens is 1. The summed E-state index contributed by atoms with van der Waals surface area (Å²) in [4.78, 5) is 0. The molecule has 0 saturated carbocycles. The average molecular weight is 293 g/mol. The smallest absolute Gasteiger partial charge is 0.123 e. The van der Waals surface area contributed by atoms with E-state index >= 15 is 0 Å². The summed E-state index contributed by atoms with van der Waals surface area (Å²) >= 11 is 0. The summed E-state index contributed by atoms with van der Waals surface area (Å²) in [5.74, 6) is 0.688. The highest BCUT2D eigenvalue weighted by Crippen LogP contribution is 2.36. The fourth-order valence-electron chi connectivity index (χ4n) is 3.27. The van der Waals surface area contributed by atoms with Crippen molar-refractivity contribution in [3.05, 3.63) is 29.6 Å². The van der Waals surface area contributed by atoms with Crippen LogP contribution in [0.5, 0.6) is 5.75 Å². The van der Waals surface area contributed by atoms with Gasteiger partial charge in [0, 0.05) is 24.6 Å².